The Balaban J connectivity index is 2.28. The molecule has 1 aromatic rings. The lowest BCUT2D eigenvalue weighted by molar-refractivity contribution is -0.118. The topological polar surface area (TPSA) is 61.6 Å². The SMILES string of the molecule is CC(C)C(CC(N)=O)c1ccc2c(c1)OCCCO2. The molecule has 0 saturated heterocycles. The third-order valence-corrected chi connectivity index (χ3v) is 3.43. The van der Waals surface area contributed by atoms with E-state index in [1.165, 1.54) is 0 Å². The molecule has 1 atom stereocenters. The summed E-state index contributed by atoms with van der Waals surface area (Å²) in [5.74, 6) is 1.74. The Labute approximate surface area is 113 Å². The Morgan fingerprint density at radius 2 is 1.95 bits per heavy atom. The summed E-state index contributed by atoms with van der Waals surface area (Å²) < 4.78 is 11.3. The summed E-state index contributed by atoms with van der Waals surface area (Å²) in [5, 5.41) is 0. The van der Waals surface area contributed by atoms with Crippen molar-refractivity contribution >= 4 is 5.91 Å². The molecule has 4 heteroatoms. The highest BCUT2D eigenvalue weighted by atomic mass is 16.5. The number of amides is 1. The van der Waals surface area contributed by atoms with Crippen LogP contribution in [-0.4, -0.2) is 19.1 Å². The molecule has 4 nitrogen and oxygen atoms in total. The van der Waals surface area contributed by atoms with Crippen molar-refractivity contribution in [3.63, 3.8) is 0 Å². The first-order valence-corrected chi connectivity index (χ1v) is 6.75. The molecule has 1 aliphatic rings. The molecule has 0 bridgehead atoms. The molecule has 0 radical (unpaired) electrons. The zero-order valence-electron chi connectivity index (χ0n) is 11.5. The quantitative estimate of drug-likeness (QED) is 0.907. The van der Waals surface area contributed by atoms with Gasteiger partial charge in [0.1, 0.15) is 0 Å². The number of rotatable bonds is 4. The highest BCUT2D eigenvalue weighted by Gasteiger charge is 2.20. The van der Waals surface area contributed by atoms with Crippen molar-refractivity contribution in [2.24, 2.45) is 11.7 Å². The molecule has 1 aliphatic heterocycles. The van der Waals surface area contributed by atoms with Crippen LogP contribution in [0, 0.1) is 5.92 Å². The molecule has 104 valence electrons. The molecule has 0 aromatic heterocycles. The van der Waals surface area contributed by atoms with E-state index in [0.29, 0.717) is 25.6 Å². The van der Waals surface area contributed by atoms with Crippen molar-refractivity contribution in [3.05, 3.63) is 23.8 Å². The second kappa shape index (κ2) is 5.95. The molecule has 0 fully saturated rings. The van der Waals surface area contributed by atoms with Crippen molar-refractivity contribution < 1.29 is 14.3 Å². The van der Waals surface area contributed by atoms with Crippen molar-refractivity contribution in [2.45, 2.75) is 32.6 Å². The Kier molecular flexibility index (Phi) is 4.30. The first kappa shape index (κ1) is 13.7. The van der Waals surface area contributed by atoms with Gasteiger partial charge in [-0.25, -0.2) is 0 Å². The maximum atomic E-state index is 11.2. The number of carbonyl (C=O) groups is 1. The summed E-state index contributed by atoms with van der Waals surface area (Å²) in [5.41, 5.74) is 6.42. The Hall–Kier alpha value is -1.71. The average Bonchev–Trinajstić information content (AvgIpc) is 2.59. The van der Waals surface area contributed by atoms with Gasteiger partial charge in [-0.2, -0.15) is 0 Å². The minimum absolute atomic E-state index is 0.120. The standard InChI is InChI=1S/C15H21NO3/c1-10(2)12(9-15(16)17)11-4-5-13-14(8-11)19-7-3-6-18-13/h4-5,8,10,12H,3,6-7,9H2,1-2H3,(H2,16,17). The lowest BCUT2D eigenvalue weighted by Gasteiger charge is -2.21. The second-order valence-electron chi connectivity index (χ2n) is 5.28. The van der Waals surface area contributed by atoms with E-state index in [4.69, 9.17) is 15.2 Å². The summed E-state index contributed by atoms with van der Waals surface area (Å²) in [6, 6.07) is 5.90. The summed E-state index contributed by atoms with van der Waals surface area (Å²) in [4.78, 5) is 11.2. The zero-order chi connectivity index (χ0) is 13.8. The van der Waals surface area contributed by atoms with E-state index in [9.17, 15) is 4.79 Å². The summed E-state index contributed by atoms with van der Waals surface area (Å²) in [6.07, 6.45) is 1.25. The number of fused-ring (bicyclic) bond motifs is 1. The molecule has 0 aliphatic carbocycles. The largest absolute Gasteiger partial charge is 0.490 e. The van der Waals surface area contributed by atoms with Gasteiger partial charge in [0.2, 0.25) is 5.91 Å². The van der Waals surface area contributed by atoms with E-state index in [2.05, 4.69) is 13.8 Å². The van der Waals surface area contributed by atoms with Gasteiger partial charge in [0.15, 0.2) is 11.5 Å². The molecule has 1 heterocycles. The van der Waals surface area contributed by atoms with E-state index in [1.807, 2.05) is 18.2 Å². The lowest BCUT2D eigenvalue weighted by atomic mass is 9.85. The predicted molar refractivity (Wildman–Crippen MR) is 73.4 cm³/mol. The van der Waals surface area contributed by atoms with Gasteiger partial charge in [0, 0.05) is 12.8 Å². The summed E-state index contributed by atoms with van der Waals surface area (Å²) in [7, 11) is 0. The van der Waals surface area contributed by atoms with Crippen LogP contribution in [0.2, 0.25) is 0 Å². The zero-order valence-corrected chi connectivity index (χ0v) is 11.5. The van der Waals surface area contributed by atoms with Crippen LogP contribution in [0.1, 0.15) is 38.2 Å². The lowest BCUT2D eigenvalue weighted by Crippen LogP contribution is -2.18. The highest BCUT2D eigenvalue weighted by molar-refractivity contribution is 5.74. The van der Waals surface area contributed by atoms with Gasteiger partial charge in [0.25, 0.3) is 0 Å². The van der Waals surface area contributed by atoms with Crippen LogP contribution in [-0.2, 0) is 4.79 Å². The first-order valence-electron chi connectivity index (χ1n) is 6.75. The molecule has 19 heavy (non-hydrogen) atoms. The van der Waals surface area contributed by atoms with E-state index in [-0.39, 0.29) is 11.8 Å². The van der Waals surface area contributed by atoms with Crippen LogP contribution in [0.5, 0.6) is 11.5 Å². The van der Waals surface area contributed by atoms with E-state index < -0.39 is 0 Å². The number of primary amides is 1. The maximum Gasteiger partial charge on any atom is 0.218 e. The van der Waals surface area contributed by atoms with Crippen molar-refractivity contribution in [1.29, 1.82) is 0 Å². The van der Waals surface area contributed by atoms with E-state index >= 15 is 0 Å². The Morgan fingerprint density at radius 1 is 1.26 bits per heavy atom. The van der Waals surface area contributed by atoms with Crippen molar-refractivity contribution in [3.8, 4) is 11.5 Å². The smallest absolute Gasteiger partial charge is 0.218 e. The molecular formula is C15H21NO3. The fourth-order valence-electron chi connectivity index (χ4n) is 2.37. The highest BCUT2D eigenvalue weighted by Crippen LogP contribution is 2.36. The predicted octanol–water partition coefficient (Wildman–Crippen LogP) is 2.46. The first-order chi connectivity index (χ1) is 9.08. The number of hydrogen-bond acceptors (Lipinski definition) is 3. The molecule has 2 N–H and O–H groups in total. The Morgan fingerprint density at radius 3 is 2.58 bits per heavy atom. The van der Waals surface area contributed by atoms with E-state index in [0.717, 1.165) is 23.5 Å². The van der Waals surface area contributed by atoms with Gasteiger partial charge in [-0.15, -0.1) is 0 Å². The van der Waals surface area contributed by atoms with Gasteiger partial charge in [-0.3, -0.25) is 4.79 Å². The van der Waals surface area contributed by atoms with Crippen LogP contribution in [0.4, 0.5) is 0 Å². The van der Waals surface area contributed by atoms with Gasteiger partial charge in [-0.1, -0.05) is 19.9 Å². The molecule has 1 aromatic carbocycles. The third-order valence-electron chi connectivity index (χ3n) is 3.43. The number of nitrogens with two attached hydrogens (primary N) is 1. The van der Waals surface area contributed by atoms with Crippen LogP contribution < -0.4 is 15.2 Å². The molecule has 1 amide bonds. The Bertz CT molecular complexity index is 457. The second-order valence-corrected chi connectivity index (χ2v) is 5.28. The monoisotopic (exact) mass is 263 g/mol. The third kappa shape index (κ3) is 3.40. The number of benzene rings is 1. The number of hydrogen-bond donors (Lipinski definition) is 1. The molecule has 1 unspecified atom stereocenters. The summed E-state index contributed by atoms with van der Waals surface area (Å²) >= 11 is 0. The van der Waals surface area contributed by atoms with E-state index in [1.54, 1.807) is 0 Å². The molecule has 0 spiro atoms. The van der Waals surface area contributed by atoms with Gasteiger partial charge < -0.3 is 15.2 Å². The van der Waals surface area contributed by atoms with Gasteiger partial charge in [0.05, 0.1) is 13.2 Å². The fraction of sp³-hybridized carbons (Fsp3) is 0.533. The maximum absolute atomic E-state index is 11.2. The van der Waals surface area contributed by atoms with Crippen LogP contribution in [0.15, 0.2) is 18.2 Å². The van der Waals surface area contributed by atoms with Crippen LogP contribution in [0.25, 0.3) is 0 Å². The molecular weight excluding hydrogens is 242 g/mol. The normalized spacial score (nSPS) is 15.9. The minimum Gasteiger partial charge on any atom is -0.490 e. The van der Waals surface area contributed by atoms with Crippen molar-refractivity contribution in [1.82, 2.24) is 0 Å². The number of carbonyl (C=O) groups excluding carboxylic acids is 1. The van der Waals surface area contributed by atoms with Gasteiger partial charge >= 0.3 is 0 Å². The van der Waals surface area contributed by atoms with Crippen LogP contribution in [0.3, 0.4) is 0 Å². The number of ether oxygens (including phenoxy) is 2. The molecule has 0 saturated carbocycles. The van der Waals surface area contributed by atoms with Crippen LogP contribution >= 0.6 is 0 Å². The minimum atomic E-state index is -0.272. The fourth-order valence-corrected chi connectivity index (χ4v) is 2.37. The van der Waals surface area contributed by atoms with Crippen molar-refractivity contribution in [2.75, 3.05) is 13.2 Å². The molecule has 2 rings (SSSR count). The summed E-state index contributed by atoms with van der Waals surface area (Å²) in [6.45, 7) is 5.53. The average molecular weight is 263 g/mol. The van der Waals surface area contributed by atoms with Gasteiger partial charge in [-0.05, 0) is 29.5 Å².